The van der Waals surface area contributed by atoms with Crippen molar-refractivity contribution in [3.05, 3.63) is 0 Å². The van der Waals surface area contributed by atoms with Crippen LogP contribution in [0.15, 0.2) is 0 Å². The van der Waals surface area contributed by atoms with Crippen molar-refractivity contribution < 1.29 is 13.3 Å². The number of hydrogen-bond acceptors (Lipinski definition) is 1. The van der Waals surface area contributed by atoms with Gasteiger partial charge in [-0.05, 0) is 12.8 Å². The van der Waals surface area contributed by atoms with E-state index in [-0.39, 0.29) is 35.4 Å². The normalized spacial score (nSPS) is 14.3. The monoisotopic (exact) mass is 316 g/mol. The second-order valence-electron chi connectivity index (χ2n) is 3.30. The summed E-state index contributed by atoms with van der Waals surface area (Å²) in [7, 11) is -4.22. The maximum absolute atomic E-state index is 11.4. The van der Waals surface area contributed by atoms with Gasteiger partial charge < -0.3 is 9.11 Å². The maximum atomic E-state index is 11.4. The van der Waals surface area contributed by atoms with Gasteiger partial charge in [-0.1, -0.05) is 26.7 Å². The van der Waals surface area contributed by atoms with Gasteiger partial charge in [0.2, 0.25) is 0 Å². The molecule has 0 heterocycles. The molecule has 0 aromatic carbocycles. The number of hydrogen-bond donors (Lipinski definition) is 2. The van der Waals surface area contributed by atoms with E-state index in [0.29, 0.717) is 12.8 Å². The van der Waals surface area contributed by atoms with Crippen LogP contribution < -0.4 is 0 Å². The van der Waals surface area contributed by atoms with Gasteiger partial charge in [-0.3, -0.25) is 0 Å². The molecule has 0 spiro atoms. The molecule has 0 fully saturated rings. The zero-order valence-corrected chi connectivity index (χ0v) is 12.1. The molecule has 0 saturated carbocycles. The fraction of sp³-hybridized carbons (Fsp3) is 1.00. The largest absolute Gasteiger partial charge is 0.308 e. The van der Waals surface area contributed by atoms with Crippen LogP contribution in [0.5, 0.6) is 0 Å². The molecule has 0 aliphatic heterocycles. The molecule has 4 radical (unpaired) electrons. The summed E-state index contributed by atoms with van der Waals surface area (Å²) in [4.78, 5) is 0. The molecule has 13 heavy (non-hydrogen) atoms. The first-order chi connectivity index (χ1) is 5.39. The van der Waals surface area contributed by atoms with Crippen LogP contribution in [0.4, 0.5) is 0 Å². The van der Waals surface area contributed by atoms with Gasteiger partial charge in [0.05, 0.1) is 9.63 Å². The van der Waals surface area contributed by atoms with E-state index in [1.54, 1.807) is 0 Å². The van der Waals surface area contributed by atoms with Crippen molar-refractivity contribution in [3.63, 3.8) is 0 Å². The van der Waals surface area contributed by atoms with E-state index in [4.69, 9.17) is 0 Å². The summed E-state index contributed by atoms with van der Waals surface area (Å²) in [6.45, 7) is 3.87. The Morgan fingerprint density at radius 2 is 1.31 bits per heavy atom. The molecule has 0 atom stereocenters. The van der Waals surface area contributed by atoms with Crippen molar-refractivity contribution >= 4 is 33.5 Å². The van der Waals surface area contributed by atoms with Crippen molar-refractivity contribution in [1.82, 2.24) is 0 Å². The molecule has 0 aliphatic rings. The van der Waals surface area contributed by atoms with E-state index in [2.05, 4.69) is 0 Å². The second kappa shape index (κ2) is 6.37. The molecule has 0 aliphatic carbocycles. The molecule has 0 aromatic heterocycles. The van der Waals surface area contributed by atoms with Gasteiger partial charge in [-0.2, -0.15) is 0 Å². The topological polar surface area (TPSA) is 57.5 Å². The van der Waals surface area contributed by atoms with Gasteiger partial charge in [0.1, 0.15) is 0 Å². The van der Waals surface area contributed by atoms with Crippen LogP contribution in [0.3, 0.4) is 0 Å². The Labute approximate surface area is 97.7 Å². The Balaban J connectivity index is 0. The Bertz CT molecular complexity index is 174. The predicted octanol–water partition coefficient (Wildman–Crippen LogP) is 1.97. The molecule has 80 valence electrons. The standard InChI is InChI=1S/C8H20O3S.Sn/c1-3-5-7-12(9,10,11)8-6-4-2;/h3-8H2,1-2H3,(H2,9,10,11);. The van der Waals surface area contributed by atoms with Crippen molar-refractivity contribution in [3.8, 4) is 0 Å². The first-order valence-corrected chi connectivity index (χ1v) is 6.74. The van der Waals surface area contributed by atoms with Crippen molar-refractivity contribution in [1.29, 1.82) is 0 Å². The molecule has 0 unspecified atom stereocenters. The van der Waals surface area contributed by atoms with Crippen LogP contribution in [0.25, 0.3) is 0 Å². The van der Waals surface area contributed by atoms with Crippen LogP contribution >= 0.6 is 0 Å². The van der Waals surface area contributed by atoms with Gasteiger partial charge in [0.15, 0.2) is 0 Å². The molecule has 0 amide bonds. The minimum atomic E-state index is -4.22. The summed E-state index contributed by atoms with van der Waals surface area (Å²) in [6.07, 6.45) is 2.90. The van der Waals surface area contributed by atoms with Gasteiger partial charge in [-0.25, -0.2) is 4.21 Å². The Hall–Kier alpha value is 0.869. The molecule has 0 saturated heterocycles. The van der Waals surface area contributed by atoms with Crippen LogP contribution in [0.2, 0.25) is 0 Å². The van der Waals surface area contributed by atoms with E-state index in [1.807, 2.05) is 13.8 Å². The molecular formula is C8H20O3SSn. The first kappa shape index (κ1) is 16.3. The Kier molecular flexibility index (Phi) is 7.99. The SMILES string of the molecule is CCCCS(=O)(O)(O)CCCC.[Sn]. The summed E-state index contributed by atoms with van der Waals surface area (Å²) < 4.78 is 30.1. The molecular weight excluding hydrogens is 295 g/mol. The zero-order chi connectivity index (χ0) is 9.69. The summed E-state index contributed by atoms with van der Waals surface area (Å²) in [6, 6.07) is 0. The van der Waals surface area contributed by atoms with Gasteiger partial charge >= 0.3 is 0 Å². The molecule has 5 heteroatoms. The second-order valence-corrected chi connectivity index (χ2v) is 6.49. The third-order valence-corrected chi connectivity index (χ3v) is 4.03. The molecule has 2 N–H and O–H groups in total. The van der Waals surface area contributed by atoms with Crippen LogP contribution in [0, 0.1) is 0 Å². The summed E-state index contributed by atoms with van der Waals surface area (Å²) >= 11 is 0. The molecule has 3 nitrogen and oxygen atoms in total. The van der Waals surface area contributed by atoms with Crippen LogP contribution in [0.1, 0.15) is 39.5 Å². The third-order valence-electron chi connectivity index (χ3n) is 1.82. The van der Waals surface area contributed by atoms with Gasteiger partial charge in [0.25, 0.3) is 0 Å². The fourth-order valence-electron chi connectivity index (χ4n) is 0.971. The Morgan fingerprint density at radius 3 is 1.54 bits per heavy atom. The first-order valence-electron chi connectivity index (χ1n) is 4.52. The molecule has 0 bridgehead atoms. The van der Waals surface area contributed by atoms with E-state index in [9.17, 15) is 13.3 Å². The summed E-state index contributed by atoms with van der Waals surface area (Å²) in [5, 5.41) is 0. The zero-order valence-electron chi connectivity index (χ0n) is 8.45. The van der Waals surface area contributed by atoms with Gasteiger partial charge in [-0.15, -0.1) is 0 Å². The van der Waals surface area contributed by atoms with Crippen LogP contribution in [-0.4, -0.2) is 48.7 Å². The Morgan fingerprint density at radius 1 is 1.00 bits per heavy atom. The van der Waals surface area contributed by atoms with Crippen LogP contribution in [-0.2, 0) is 9.63 Å². The fourth-order valence-corrected chi connectivity index (χ4v) is 2.91. The van der Waals surface area contributed by atoms with E-state index in [0.717, 1.165) is 12.8 Å². The summed E-state index contributed by atoms with van der Waals surface area (Å²) in [5.74, 6) is 0.0708. The molecule has 0 aromatic rings. The molecule has 0 rings (SSSR count). The van der Waals surface area contributed by atoms with Crippen molar-refractivity contribution in [2.45, 2.75) is 39.5 Å². The minimum absolute atomic E-state index is 0. The van der Waals surface area contributed by atoms with E-state index >= 15 is 0 Å². The van der Waals surface area contributed by atoms with Crippen molar-refractivity contribution in [2.75, 3.05) is 11.5 Å². The maximum Gasteiger partial charge on any atom is 0.0826 e. The minimum Gasteiger partial charge on any atom is -0.308 e. The number of rotatable bonds is 6. The average Bonchev–Trinajstić information content (AvgIpc) is 1.97. The smallest absolute Gasteiger partial charge is 0.0826 e. The van der Waals surface area contributed by atoms with E-state index < -0.39 is 9.63 Å². The average molecular weight is 315 g/mol. The predicted molar refractivity (Wildman–Crippen MR) is 58.7 cm³/mol. The van der Waals surface area contributed by atoms with Gasteiger partial charge in [0, 0.05) is 35.4 Å². The summed E-state index contributed by atoms with van der Waals surface area (Å²) in [5.41, 5.74) is 0. The van der Waals surface area contributed by atoms with Crippen molar-refractivity contribution in [2.24, 2.45) is 0 Å². The number of unbranched alkanes of at least 4 members (excludes halogenated alkanes) is 2. The quantitative estimate of drug-likeness (QED) is 0.737. The van der Waals surface area contributed by atoms with E-state index in [1.165, 1.54) is 0 Å². The third kappa shape index (κ3) is 9.18.